The maximum Gasteiger partial charge on any atom is 0.332 e. The van der Waals surface area contributed by atoms with E-state index in [2.05, 4.69) is 20.5 Å². The van der Waals surface area contributed by atoms with Crippen molar-refractivity contribution in [1.82, 2.24) is 28.9 Å². The highest BCUT2D eigenvalue weighted by molar-refractivity contribution is 8.01. The molecular formula is C17H14ClN7O3S2. The molecule has 3 heterocycles. The zero-order chi connectivity index (χ0) is 21.6. The van der Waals surface area contributed by atoms with Crippen molar-refractivity contribution in [2.24, 2.45) is 21.1 Å². The van der Waals surface area contributed by atoms with E-state index in [1.54, 1.807) is 42.9 Å². The number of anilines is 1. The Kier molecular flexibility index (Phi) is 5.22. The minimum Gasteiger partial charge on any atom is -0.316 e. The van der Waals surface area contributed by atoms with Crippen LogP contribution in [0.25, 0.3) is 11.2 Å². The molecule has 30 heavy (non-hydrogen) atoms. The van der Waals surface area contributed by atoms with Crippen LogP contribution in [0.4, 0.5) is 5.13 Å². The third-order valence-electron chi connectivity index (χ3n) is 4.33. The number of fused-ring (bicyclic) bond motifs is 1. The van der Waals surface area contributed by atoms with Crippen LogP contribution in [0.15, 0.2) is 43.4 Å². The number of imidazole rings is 1. The number of aromatic nitrogens is 6. The van der Waals surface area contributed by atoms with Gasteiger partial charge in [-0.25, -0.2) is 9.78 Å². The number of carbonyl (C=O) groups is 1. The Balaban J connectivity index is 1.61. The maximum atomic E-state index is 12.5. The van der Waals surface area contributed by atoms with Gasteiger partial charge in [-0.05, 0) is 30.0 Å². The van der Waals surface area contributed by atoms with Crippen LogP contribution in [0.2, 0.25) is 5.02 Å². The molecule has 154 valence electrons. The molecule has 0 aliphatic heterocycles. The first kappa shape index (κ1) is 20.3. The third kappa shape index (κ3) is 3.53. The summed E-state index contributed by atoms with van der Waals surface area (Å²) in [7, 11) is 4.66. The van der Waals surface area contributed by atoms with Gasteiger partial charge in [0.05, 0.1) is 0 Å². The molecule has 1 aromatic carbocycles. The molecule has 4 aromatic rings. The van der Waals surface area contributed by atoms with Crippen LogP contribution >= 0.6 is 34.7 Å². The van der Waals surface area contributed by atoms with E-state index in [4.69, 9.17) is 11.6 Å². The number of carbonyl (C=O) groups excluding carboxylic acids is 1. The van der Waals surface area contributed by atoms with Crippen molar-refractivity contribution in [3.63, 3.8) is 0 Å². The van der Waals surface area contributed by atoms with Gasteiger partial charge in [0.15, 0.2) is 20.7 Å². The van der Waals surface area contributed by atoms with Gasteiger partial charge in [-0.2, -0.15) is 0 Å². The molecule has 0 spiro atoms. The van der Waals surface area contributed by atoms with Crippen molar-refractivity contribution in [2.75, 3.05) is 5.32 Å². The fourth-order valence-corrected chi connectivity index (χ4v) is 4.66. The molecule has 0 atom stereocenters. The van der Waals surface area contributed by atoms with Crippen LogP contribution < -0.4 is 16.6 Å². The zero-order valence-electron chi connectivity index (χ0n) is 15.9. The topological polar surface area (TPSA) is 117 Å². The molecule has 0 aliphatic carbocycles. The number of hydrogen-bond acceptors (Lipinski definition) is 8. The smallest absolute Gasteiger partial charge is 0.316 e. The molecule has 0 aliphatic rings. The molecular weight excluding hydrogens is 450 g/mol. The predicted molar refractivity (Wildman–Crippen MR) is 115 cm³/mol. The van der Waals surface area contributed by atoms with Crippen molar-refractivity contribution in [3.05, 3.63) is 55.7 Å². The first-order chi connectivity index (χ1) is 14.3. The Hall–Kier alpha value is -2.96. The summed E-state index contributed by atoms with van der Waals surface area (Å²) in [5, 5.41) is 11.9. The molecule has 0 unspecified atom stereocenters. The van der Waals surface area contributed by atoms with Crippen LogP contribution in [-0.4, -0.2) is 34.8 Å². The van der Waals surface area contributed by atoms with Gasteiger partial charge in [0.1, 0.15) is 0 Å². The number of hydrogen-bond donors (Lipinski definition) is 1. The van der Waals surface area contributed by atoms with E-state index in [0.717, 1.165) is 15.9 Å². The average molecular weight is 464 g/mol. The second-order valence-electron chi connectivity index (χ2n) is 6.27. The molecule has 0 radical (unpaired) electrons. The Morgan fingerprint density at radius 3 is 2.63 bits per heavy atom. The first-order valence-corrected chi connectivity index (χ1v) is 10.5. The molecule has 0 saturated heterocycles. The highest BCUT2D eigenvalue weighted by Crippen LogP contribution is 2.32. The fraction of sp³-hybridized carbons (Fsp3) is 0.176. The number of nitrogens with one attached hydrogen (secondary N) is 1. The Morgan fingerprint density at radius 2 is 1.90 bits per heavy atom. The van der Waals surface area contributed by atoms with E-state index in [1.165, 1.54) is 23.4 Å². The lowest BCUT2D eigenvalue weighted by Crippen LogP contribution is -2.37. The van der Waals surface area contributed by atoms with Crippen LogP contribution in [0.1, 0.15) is 10.4 Å². The lowest BCUT2D eigenvalue weighted by Gasteiger charge is -2.03. The number of halogens is 1. The molecule has 0 bridgehead atoms. The van der Waals surface area contributed by atoms with E-state index in [0.29, 0.717) is 30.7 Å². The zero-order valence-corrected chi connectivity index (χ0v) is 18.3. The Bertz CT molecular complexity index is 1420. The molecule has 10 nitrogen and oxygen atoms in total. The largest absolute Gasteiger partial charge is 0.332 e. The quantitative estimate of drug-likeness (QED) is 0.459. The van der Waals surface area contributed by atoms with Crippen LogP contribution in [-0.2, 0) is 21.1 Å². The van der Waals surface area contributed by atoms with Crippen molar-refractivity contribution in [3.8, 4) is 0 Å². The van der Waals surface area contributed by atoms with Gasteiger partial charge in [0.2, 0.25) is 5.13 Å². The van der Waals surface area contributed by atoms with Gasteiger partial charge >= 0.3 is 5.69 Å². The normalized spacial score (nSPS) is 11.2. The van der Waals surface area contributed by atoms with E-state index < -0.39 is 11.2 Å². The molecule has 4 rings (SSSR count). The monoisotopic (exact) mass is 463 g/mol. The Morgan fingerprint density at radius 1 is 1.13 bits per heavy atom. The van der Waals surface area contributed by atoms with Gasteiger partial charge in [-0.3, -0.25) is 24.0 Å². The fourth-order valence-electron chi connectivity index (χ4n) is 2.77. The standard InChI is InChI=1S/C17H14ClN7O3S2/c1-23-10-11(24(2)17(28)25(3)13(10)27)19-15(23)30-16-22-21-14(29-16)20-12(26)8-5-4-6-9(18)7-8/h4-7H,1-3H3,(H,20,21,26). The van der Waals surface area contributed by atoms with E-state index >= 15 is 0 Å². The summed E-state index contributed by atoms with van der Waals surface area (Å²) < 4.78 is 4.47. The minimum absolute atomic E-state index is 0.284. The lowest BCUT2D eigenvalue weighted by molar-refractivity contribution is 0.102. The second-order valence-corrected chi connectivity index (χ2v) is 8.90. The molecule has 0 fully saturated rings. The van der Waals surface area contributed by atoms with Gasteiger partial charge in [-0.15, -0.1) is 10.2 Å². The number of amides is 1. The first-order valence-electron chi connectivity index (χ1n) is 8.47. The van der Waals surface area contributed by atoms with Gasteiger partial charge in [-0.1, -0.05) is 29.0 Å². The summed E-state index contributed by atoms with van der Waals surface area (Å²) in [6.45, 7) is 0. The molecule has 1 amide bonds. The number of rotatable bonds is 4. The SMILES string of the molecule is Cn1c(=O)c2c(nc(Sc3nnc(NC(=O)c4cccc(Cl)c4)s3)n2C)n(C)c1=O. The maximum absolute atomic E-state index is 12.5. The van der Waals surface area contributed by atoms with Crippen LogP contribution in [0, 0.1) is 0 Å². The number of nitrogens with zero attached hydrogens (tertiary/aromatic N) is 6. The molecule has 3 aromatic heterocycles. The van der Waals surface area contributed by atoms with Gasteiger partial charge in [0, 0.05) is 31.7 Å². The second kappa shape index (κ2) is 7.70. The summed E-state index contributed by atoms with van der Waals surface area (Å²) in [5.41, 5.74) is 0.109. The third-order valence-corrected chi connectivity index (χ3v) is 6.50. The van der Waals surface area contributed by atoms with Crippen molar-refractivity contribution >= 4 is 56.9 Å². The summed E-state index contributed by atoms with van der Waals surface area (Å²) in [6, 6.07) is 6.56. The Labute approximate surface area is 182 Å². The summed E-state index contributed by atoms with van der Waals surface area (Å²) in [5.74, 6) is -0.355. The van der Waals surface area contributed by atoms with Gasteiger partial charge in [0.25, 0.3) is 11.5 Å². The van der Waals surface area contributed by atoms with Crippen molar-refractivity contribution in [1.29, 1.82) is 0 Å². The highest BCUT2D eigenvalue weighted by Gasteiger charge is 2.19. The summed E-state index contributed by atoms with van der Waals surface area (Å²) in [6.07, 6.45) is 0. The van der Waals surface area contributed by atoms with Crippen LogP contribution in [0.5, 0.6) is 0 Å². The van der Waals surface area contributed by atoms with Gasteiger partial charge < -0.3 is 4.57 Å². The molecule has 0 saturated carbocycles. The number of benzene rings is 1. The lowest BCUT2D eigenvalue weighted by atomic mass is 10.2. The summed E-state index contributed by atoms with van der Waals surface area (Å²) in [4.78, 5) is 41.3. The van der Waals surface area contributed by atoms with Crippen molar-refractivity contribution < 1.29 is 4.79 Å². The average Bonchev–Trinajstić information content (AvgIpc) is 3.29. The number of aryl methyl sites for hydroxylation is 2. The van der Waals surface area contributed by atoms with Crippen molar-refractivity contribution in [2.45, 2.75) is 9.50 Å². The summed E-state index contributed by atoms with van der Waals surface area (Å²) >= 11 is 8.25. The highest BCUT2D eigenvalue weighted by atomic mass is 35.5. The van der Waals surface area contributed by atoms with E-state index in [-0.39, 0.29) is 11.6 Å². The van der Waals surface area contributed by atoms with E-state index in [9.17, 15) is 14.4 Å². The minimum atomic E-state index is -0.455. The van der Waals surface area contributed by atoms with E-state index in [1.807, 2.05) is 0 Å². The molecule has 1 N–H and O–H groups in total. The predicted octanol–water partition coefficient (Wildman–Crippen LogP) is 1.88. The van der Waals surface area contributed by atoms with Crippen LogP contribution in [0.3, 0.4) is 0 Å². The molecule has 13 heteroatoms.